The van der Waals surface area contributed by atoms with Gasteiger partial charge in [0.15, 0.2) is 0 Å². The maximum Gasteiger partial charge on any atom is 0.265 e. The summed E-state index contributed by atoms with van der Waals surface area (Å²) in [6.07, 6.45) is 6.75. The number of hydrogen-bond donors (Lipinski definition) is 0. The van der Waals surface area contributed by atoms with Gasteiger partial charge in [0, 0.05) is 46.3 Å². The normalized spacial score (nSPS) is 12.9. The summed E-state index contributed by atoms with van der Waals surface area (Å²) in [6, 6.07) is 16.5. The van der Waals surface area contributed by atoms with Gasteiger partial charge in [0.1, 0.15) is 11.3 Å². The SMILES string of the molecule is O=c1c2c(cc3cc4c(=O)n5ccnc5c4c4c5cccc6cccc(c65)c2c34)c2nccn12. The number of nitrogens with zero attached hydrogens (tertiary/aromatic N) is 4. The van der Waals surface area contributed by atoms with Crippen molar-refractivity contribution in [3.8, 4) is 0 Å². The van der Waals surface area contributed by atoms with Gasteiger partial charge in [-0.05, 0) is 44.5 Å². The van der Waals surface area contributed by atoms with Crippen LogP contribution in [-0.2, 0) is 0 Å². The zero-order valence-corrected chi connectivity index (χ0v) is 17.5. The number of aromatic nitrogens is 4. The lowest BCUT2D eigenvalue weighted by molar-refractivity contribution is 1.17. The Bertz CT molecular complexity index is 2430. The van der Waals surface area contributed by atoms with Gasteiger partial charge < -0.3 is 0 Å². The molecule has 5 aromatic carbocycles. The van der Waals surface area contributed by atoms with E-state index in [9.17, 15) is 9.59 Å². The van der Waals surface area contributed by atoms with Crippen LogP contribution in [0.1, 0.15) is 0 Å². The molecule has 0 aliphatic heterocycles. The monoisotopic (exact) mass is 436 g/mol. The van der Waals surface area contributed by atoms with Crippen LogP contribution in [0.15, 0.2) is 82.9 Å². The summed E-state index contributed by atoms with van der Waals surface area (Å²) in [7, 11) is 0. The largest absolute Gasteiger partial charge is 0.268 e. The smallest absolute Gasteiger partial charge is 0.265 e. The van der Waals surface area contributed by atoms with Crippen LogP contribution in [0.4, 0.5) is 0 Å². The minimum absolute atomic E-state index is 0.0696. The van der Waals surface area contributed by atoms with Crippen LogP contribution in [0.2, 0.25) is 0 Å². The summed E-state index contributed by atoms with van der Waals surface area (Å²) in [4.78, 5) is 36.0. The molecule has 0 fully saturated rings. The summed E-state index contributed by atoms with van der Waals surface area (Å²) in [5, 5.41) is 11.1. The van der Waals surface area contributed by atoms with E-state index in [2.05, 4.69) is 40.3 Å². The molecule has 0 spiro atoms. The van der Waals surface area contributed by atoms with E-state index in [0.717, 1.165) is 53.9 Å². The Morgan fingerprint density at radius 3 is 1.94 bits per heavy atom. The summed E-state index contributed by atoms with van der Waals surface area (Å²) >= 11 is 0. The Balaban J connectivity index is 1.81. The molecule has 9 aromatic rings. The van der Waals surface area contributed by atoms with Crippen LogP contribution < -0.4 is 11.1 Å². The molecule has 0 radical (unpaired) electrons. The second-order valence-electron chi connectivity index (χ2n) is 9.01. The number of rotatable bonds is 0. The number of hydrogen-bond acceptors (Lipinski definition) is 4. The molecule has 6 nitrogen and oxygen atoms in total. The van der Waals surface area contributed by atoms with Gasteiger partial charge in [-0.15, -0.1) is 0 Å². The highest BCUT2D eigenvalue weighted by Gasteiger charge is 2.24. The van der Waals surface area contributed by atoms with Crippen molar-refractivity contribution in [3.05, 3.63) is 94.0 Å². The van der Waals surface area contributed by atoms with E-state index >= 15 is 0 Å². The van der Waals surface area contributed by atoms with Gasteiger partial charge in [-0.2, -0.15) is 0 Å². The summed E-state index contributed by atoms with van der Waals surface area (Å²) in [5.41, 5.74) is 1.15. The van der Waals surface area contributed by atoms with Gasteiger partial charge >= 0.3 is 0 Å². The van der Waals surface area contributed by atoms with Gasteiger partial charge in [-0.3, -0.25) is 18.4 Å². The maximum atomic E-state index is 13.6. The third kappa shape index (κ3) is 1.62. The Hall–Kier alpha value is -4.84. The molecule has 4 heterocycles. The Morgan fingerprint density at radius 1 is 0.529 bits per heavy atom. The molecule has 0 N–H and O–H groups in total. The Labute approximate surface area is 188 Å². The molecule has 0 aliphatic carbocycles. The van der Waals surface area contributed by atoms with Crippen LogP contribution in [0.25, 0.3) is 75.9 Å². The second-order valence-corrected chi connectivity index (χ2v) is 9.01. The van der Waals surface area contributed by atoms with Crippen LogP contribution in [0.5, 0.6) is 0 Å². The van der Waals surface area contributed by atoms with Gasteiger partial charge in [0.2, 0.25) is 0 Å². The lowest BCUT2D eigenvalue weighted by atomic mass is 9.86. The minimum Gasteiger partial charge on any atom is -0.268 e. The fourth-order valence-corrected chi connectivity index (χ4v) is 6.24. The Morgan fingerprint density at radius 2 is 1.18 bits per heavy atom. The minimum atomic E-state index is -0.0775. The zero-order chi connectivity index (χ0) is 22.3. The third-order valence-electron chi connectivity index (χ3n) is 7.50. The van der Waals surface area contributed by atoms with Gasteiger partial charge in [-0.25, -0.2) is 9.97 Å². The first-order chi connectivity index (χ1) is 16.7. The molecule has 0 saturated heterocycles. The molecule has 34 heavy (non-hydrogen) atoms. The zero-order valence-electron chi connectivity index (χ0n) is 17.5. The van der Waals surface area contributed by atoms with E-state index < -0.39 is 0 Å². The molecular formula is C28H12N4O2. The van der Waals surface area contributed by atoms with E-state index in [0.29, 0.717) is 22.1 Å². The van der Waals surface area contributed by atoms with Gasteiger partial charge in [0.25, 0.3) is 11.1 Å². The summed E-state index contributed by atoms with van der Waals surface area (Å²) < 4.78 is 3.23. The lowest BCUT2D eigenvalue weighted by Crippen LogP contribution is -2.05. The molecule has 0 aliphatic rings. The highest BCUT2D eigenvalue weighted by molar-refractivity contribution is 6.43. The van der Waals surface area contributed by atoms with E-state index in [1.165, 1.54) is 0 Å². The van der Waals surface area contributed by atoms with Crippen molar-refractivity contribution < 1.29 is 0 Å². The third-order valence-corrected chi connectivity index (χ3v) is 7.50. The van der Waals surface area contributed by atoms with Crippen LogP contribution in [0, 0.1) is 0 Å². The fourth-order valence-electron chi connectivity index (χ4n) is 6.24. The highest BCUT2D eigenvalue weighted by atomic mass is 16.1. The fraction of sp³-hybridized carbons (Fsp3) is 0. The first kappa shape index (κ1) is 16.7. The van der Waals surface area contributed by atoms with E-state index in [1.54, 1.807) is 33.6 Å². The quantitative estimate of drug-likeness (QED) is 0.250. The van der Waals surface area contributed by atoms with Crippen molar-refractivity contribution >= 4 is 75.9 Å². The standard InChI is InChI=1S/C28H12N4O2/c33-27-18-12-14-11-17-24(28(34)31-9-7-29-25(17)31)22-16-6-2-4-13-3-1-5-15(19(13)16)21(20(14)22)23(18)26-30-8-10-32(26)27/h1-12H. The molecular weight excluding hydrogens is 424 g/mol. The van der Waals surface area contributed by atoms with Gasteiger partial charge in [0.05, 0.1) is 10.8 Å². The molecule has 9 rings (SSSR count). The summed E-state index contributed by atoms with van der Waals surface area (Å²) in [5.74, 6) is 0. The first-order valence-electron chi connectivity index (χ1n) is 11.1. The average Bonchev–Trinajstić information content (AvgIpc) is 3.62. The predicted molar refractivity (Wildman–Crippen MR) is 135 cm³/mol. The molecule has 0 saturated carbocycles. The molecule has 0 unspecified atom stereocenters. The molecule has 156 valence electrons. The number of benzene rings is 5. The van der Waals surface area contributed by atoms with E-state index in [1.807, 2.05) is 18.2 Å². The first-order valence-corrected chi connectivity index (χ1v) is 11.1. The Kier molecular flexibility index (Phi) is 2.56. The maximum absolute atomic E-state index is 13.6. The van der Waals surface area contributed by atoms with Gasteiger partial charge in [-0.1, -0.05) is 36.4 Å². The predicted octanol–water partition coefficient (Wildman–Crippen LogP) is 4.94. The van der Waals surface area contributed by atoms with Crippen molar-refractivity contribution in [1.29, 1.82) is 0 Å². The molecule has 6 heteroatoms. The molecule has 0 amide bonds. The van der Waals surface area contributed by atoms with Crippen LogP contribution in [0.3, 0.4) is 0 Å². The van der Waals surface area contributed by atoms with E-state index in [-0.39, 0.29) is 11.1 Å². The molecule has 0 bridgehead atoms. The van der Waals surface area contributed by atoms with Crippen molar-refractivity contribution in [2.24, 2.45) is 0 Å². The van der Waals surface area contributed by atoms with Crippen LogP contribution in [-0.4, -0.2) is 18.8 Å². The van der Waals surface area contributed by atoms with Crippen molar-refractivity contribution in [2.75, 3.05) is 0 Å². The van der Waals surface area contributed by atoms with Crippen LogP contribution >= 0.6 is 0 Å². The molecule has 4 aromatic heterocycles. The second kappa shape index (κ2) is 5.21. The van der Waals surface area contributed by atoms with Crippen molar-refractivity contribution in [1.82, 2.24) is 18.8 Å². The lowest BCUT2D eigenvalue weighted by Gasteiger charge is -2.16. The van der Waals surface area contributed by atoms with Crippen molar-refractivity contribution in [2.45, 2.75) is 0 Å². The molecule has 0 atom stereocenters. The number of fused-ring (bicyclic) bond motifs is 10. The topological polar surface area (TPSA) is 68.7 Å². The van der Waals surface area contributed by atoms with E-state index in [4.69, 9.17) is 0 Å². The summed E-state index contributed by atoms with van der Waals surface area (Å²) in [6.45, 7) is 0. The number of imidazole rings is 2. The average molecular weight is 436 g/mol. The highest BCUT2D eigenvalue weighted by Crippen LogP contribution is 2.46. The van der Waals surface area contributed by atoms with Crippen molar-refractivity contribution in [3.63, 3.8) is 0 Å².